The van der Waals surface area contributed by atoms with Gasteiger partial charge in [-0.25, -0.2) is 0 Å². The van der Waals surface area contributed by atoms with Gasteiger partial charge in [0, 0.05) is 37.3 Å². The van der Waals surface area contributed by atoms with Gasteiger partial charge in [-0.15, -0.1) is 0 Å². The van der Waals surface area contributed by atoms with Gasteiger partial charge in [-0.3, -0.25) is 9.80 Å². The SMILES string of the molecule is CC(CNC1CCN2CCCCC12)N(C)C1CC1. The molecule has 2 aliphatic heterocycles. The molecular weight excluding hydrogens is 222 g/mol. The Balaban J connectivity index is 1.45. The molecule has 0 amide bonds. The van der Waals surface area contributed by atoms with Gasteiger partial charge >= 0.3 is 0 Å². The molecule has 2 heterocycles. The summed E-state index contributed by atoms with van der Waals surface area (Å²) in [7, 11) is 2.30. The van der Waals surface area contributed by atoms with Crippen molar-refractivity contribution in [1.82, 2.24) is 15.1 Å². The summed E-state index contributed by atoms with van der Waals surface area (Å²) in [5.74, 6) is 0. The number of fused-ring (bicyclic) bond motifs is 1. The average Bonchev–Trinajstić information content (AvgIpc) is 3.16. The molecule has 1 saturated carbocycles. The number of piperidine rings is 1. The highest BCUT2D eigenvalue weighted by Gasteiger charge is 2.36. The Morgan fingerprint density at radius 1 is 1.17 bits per heavy atom. The van der Waals surface area contributed by atoms with Crippen LogP contribution in [0.2, 0.25) is 0 Å². The van der Waals surface area contributed by atoms with E-state index in [1.807, 2.05) is 0 Å². The Labute approximate surface area is 112 Å². The van der Waals surface area contributed by atoms with Crippen LogP contribution in [0.3, 0.4) is 0 Å². The number of likely N-dealkylation sites (N-methyl/N-ethyl adjacent to an activating group) is 1. The van der Waals surface area contributed by atoms with Gasteiger partial charge in [-0.1, -0.05) is 6.42 Å². The number of hydrogen-bond acceptors (Lipinski definition) is 3. The van der Waals surface area contributed by atoms with Crippen LogP contribution in [-0.2, 0) is 0 Å². The highest BCUT2D eigenvalue weighted by Crippen LogP contribution is 2.28. The van der Waals surface area contributed by atoms with Crippen LogP contribution in [0.5, 0.6) is 0 Å². The highest BCUT2D eigenvalue weighted by atomic mass is 15.2. The molecule has 3 heteroatoms. The van der Waals surface area contributed by atoms with Crippen molar-refractivity contribution in [3.63, 3.8) is 0 Å². The number of nitrogens with zero attached hydrogens (tertiary/aromatic N) is 2. The highest BCUT2D eigenvalue weighted by molar-refractivity contribution is 4.95. The van der Waals surface area contributed by atoms with Gasteiger partial charge in [0.05, 0.1) is 0 Å². The maximum Gasteiger partial charge on any atom is 0.0249 e. The van der Waals surface area contributed by atoms with E-state index in [2.05, 4.69) is 29.1 Å². The smallest absolute Gasteiger partial charge is 0.0249 e. The summed E-state index contributed by atoms with van der Waals surface area (Å²) in [6.45, 7) is 6.22. The van der Waals surface area contributed by atoms with Gasteiger partial charge in [0.25, 0.3) is 0 Å². The zero-order valence-electron chi connectivity index (χ0n) is 12.1. The first-order valence-corrected chi connectivity index (χ1v) is 7.95. The number of nitrogens with one attached hydrogen (secondary N) is 1. The molecule has 3 aliphatic rings. The Bertz CT molecular complexity index is 277. The lowest BCUT2D eigenvalue weighted by Gasteiger charge is -2.34. The first kappa shape index (κ1) is 12.9. The summed E-state index contributed by atoms with van der Waals surface area (Å²) < 4.78 is 0. The lowest BCUT2D eigenvalue weighted by molar-refractivity contribution is 0.173. The minimum Gasteiger partial charge on any atom is -0.311 e. The lowest BCUT2D eigenvalue weighted by atomic mass is 9.99. The average molecular weight is 251 g/mol. The van der Waals surface area contributed by atoms with Gasteiger partial charge in [-0.05, 0) is 52.6 Å². The van der Waals surface area contributed by atoms with Gasteiger partial charge in [0.15, 0.2) is 0 Å². The fourth-order valence-electron chi connectivity index (χ4n) is 3.79. The van der Waals surface area contributed by atoms with Crippen molar-refractivity contribution >= 4 is 0 Å². The Hall–Kier alpha value is -0.120. The molecule has 0 spiro atoms. The van der Waals surface area contributed by atoms with E-state index < -0.39 is 0 Å². The summed E-state index contributed by atoms with van der Waals surface area (Å²) in [5.41, 5.74) is 0. The maximum absolute atomic E-state index is 3.86. The first-order chi connectivity index (χ1) is 8.75. The van der Waals surface area contributed by atoms with E-state index >= 15 is 0 Å². The van der Waals surface area contributed by atoms with Crippen LogP contribution in [-0.4, -0.2) is 60.6 Å². The van der Waals surface area contributed by atoms with Gasteiger partial charge in [0.1, 0.15) is 0 Å². The molecule has 0 aromatic carbocycles. The Morgan fingerprint density at radius 3 is 2.78 bits per heavy atom. The molecule has 3 nitrogen and oxygen atoms in total. The second-order valence-corrected chi connectivity index (χ2v) is 6.65. The van der Waals surface area contributed by atoms with Gasteiger partial charge < -0.3 is 5.32 Å². The maximum atomic E-state index is 3.86. The molecule has 3 unspecified atom stereocenters. The van der Waals surface area contributed by atoms with E-state index in [1.54, 1.807) is 0 Å². The normalized spacial score (nSPS) is 34.8. The summed E-state index contributed by atoms with van der Waals surface area (Å²) in [6.07, 6.45) is 8.48. The summed E-state index contributed by atoms with van der Waals surface area (Å²) in [6, 6.07) is 3.18. The number of rotatable bonds is 5. The van der Waals surface area contributed by atoms with E-state index in [4.69, 9.17) is 0 Å². The monoisotopic (exact) mass is 251 g/mol. The van der Waals surface area contributed by atoms with Crippen molar-refractivity contribution in [2.24, 2.45) is 0 Å². The van der Waals surface area contributed by atoms with Gasteiger partial charge in [0.2, 0.25) is 0 Å². The largest absolute Gasteiger partial charge is 0.311 e. The summed E-state index contributed by atoms with van der Waals surface area (Å²) in [4.78, 5) is 5.29. The van der Waals surface area contributed by atoms with Crippen molar-refractivity contribution in [2.75, 3.05) is 26.7 Å². The zero-order valence-corrected chi connectivity index (χ0v) is 12.1. The first-order valence-electron chi connectivity index (χ1n) is 7.95. The second kappa shape index (κ2) is 5.48. The molecule has 3 rings (SSSR count). The van der Waals surface area contributed by atoms with Crippen molar-refractivity contribution < 1.29 is 0 Å². The third kappa shape index (κ3) is 2.73. The van der Waals surface area contributed by atoms with E-state index in [9.17, 15) is 0 Å². The molecule has 3 atom stereocenters. The Morgan fingerprint density at radius 2 is 2.00 bits per heavy atom. The summed E-state index contributed by atoms with van der Waals surface area (Å²) in [5, 5.41) is 3.86. The van der Waals surface area contributed by atoms with Crippen LogP contribution in [0.25, 0.3) is 0 Å². The van der Waals surface area contributed by atoms with Crippen LogP contribution in [0, 0.1) is 0 Å². The van der Waals surface area contributed by atoms with Crippen molar-refractivity contribution in [2.45, 2.75) is 69.6 Å². The van der Waals surface area contributed by atoms with Crippen molar-refractivity contribution in [3.8, 4) is 0 Å². The molecule has 0 radical (unpaired) electrons. The number of hydrogen-bond donors (Lipinski definition) is 1. The fourth-order valence-corrected chi connectivity index (χ4v) is 3.79. The minimum absolute atomic E-state index is 0.690. The van der Waals surface area contributed by atoms with Crippen LogP contribution in [0.15, 0.2) is 0 Å². The molecule has 0 aromatic heterocycles. The zero-order chi connectivity index (χ0) is 12.5. The van der Waals surface area contributed by atoms with Crippen molar-refractivity contribution in [3.05, 3.63) is 0 Å². The molecule has 2 saturated heterocycles. The predicted octanol–water partition coefficient (Wildman–Crippen LogP) is 1.69. The molecule has 0 aromatic rings. The van der Waals surface area contributed by atoms with Crippen LogP contribution >= 0.6 is 0 Å². The molecule has 18 heavy (non-hydrogen) atoms. The summed E-state index contributed by atoms with van der Waals surface area (Å²) >= 11 is 0. The molecule has 0 bridgehead atoms. The molecule has 1 N–H and O–H groups in total. The molecule has 3 fully saturated rings. The topological polar surface area (TPSA) is 18.5 Å². The predicted molar refractivity (Wildman–Crippen MR) is 75.9 cm³/mol. The quantitative estimate of drug-likeness (QED) is 0.802. The molecular formula is C15H29N3. The molecule has 104 valence electrons. The third-order valence-electron chi connectivity index (χ3n) is 5.35. The van der Waals surface area contributed by atoms with Crippen LogP contribution in [0.4, 0.5) is 0 Å². The standard InChI is InChI=1S/C15H29N3/c1-12(17(2)13-6-7-13)11-16-14-8-10-18-9-4-3-5-15(14)18/h12-16H,3-11H2,1-2H3. The lowest BCUT2D eigenvalue weighted by Crippen LogP contribution is -2.48. The van der Waals surface area contributed by atoms with E-state index in [1.165, 1.54) is 58.2 Å². The van der Waals surface area contributed by atoms with E-state index in [0.29, 0.717) is 6.04 Å². The Kier molecular flexibility index (Phi) is 3.92. The fraction of sp³-hybridized carbons (Fsp3) is 1.00. The van der Waals surface area contributed by atoms with E-state index in [-0.39, 0.29) is 0 Å². The van der Waals surface area contributed by atoms with Crippen LogP contribution < -0.4 is 5.32 Å². The van der Waals surface area contributed by atoms with Crippen LogP contribution in [0.1, 0.15) is 45.4 Å². The molecule has 1 aliphatic carbocycles. The minimum atomic E-state index is 0.690. The van der Waals surface area contributed by atoms with Crippen molar-refractivity contribution in [1.29, 1.82) is 0 Å². The second-order valence-electron chi connectivity index (χ2n) is 6.65. The van der Waals surface area contributed by atoms with Gasteiger partial charge in [-0.2, -0.15) is 0 Å². The van der Waals surface area contributed by atoms with E-state index in [0.717, 1.165) is 18.1 Å². The third-order valence-corrected chi connectivity index (χ3v) is 5.35.